The Bertz CT molecular complexity index is 1320. The first-order valence-corrected chi connectivity index (χ1v) is 11.7. The third-order valence-electron chi connectivity index (χ3n) is 4.53. The Labute approximate surface area is 219 Å². The van der Waals surface area contributed by atoms with E-state index in [1.165, 1.54) is 24.4 Å². The number of nitrogens with one attached hydrogen (secondary N) is 2. The maximum absolute atomic E-state index is 12.3. The van der Waals surface area contributed by atoms with Crippen molar-refractivity contribution in [2.75, 3.05) is 18.5 Å². The number of halogens is 2. The Morgan fingerprint density at radius 1 is 1.14 bits per heavy atom. The van der Waals surface area contributed by atoms with Crippen molar-refractivity contribution in [3.05, 3.63) is 91.4 Å². The van der Waals surface area contributed by atoms with Crippen LogP contribution in [-0.2, 0) is 4.79 Å². The molecule has 10 nitrogen and oxygen atoms in total. The van der Waals surface area contributed by atoms with Gasteiger partial charge in [-0.2, -0.15) is 5.10 Å². The van der Waals surface area contributed by atoms with Gasteiger partial charge in [-0.15, -0.1) is 0 Å². The zero-order valence-electron chi connectivity index (χ0n) is 18.9. The second-order valence-corrected chi connectivity index (χ2v) is 8.35. The van der Waals surface area contributed by atoms with E-state index in [2.05, 4.69) is 31.8 Å². The van der Waals surface area contributed by atoms with E-state index in [-0.39, 0.29) is 17.9 Å². The number of amides is 2. The van der Waals surface area contributed by atoms with Crippen molar-refractivity contribution in [3.63, 3.8) is 0 Å². The molecule has 0 aromatic heterocycles. The van der Waals surface area contributed by atoms with Gasteiger partial charge in [0.25, 0.3) is 17.5 Å². The average Bonchev–Trinajstić information content (AvgIpc) is 2.85. The first-order valence-electron chi connectivity index (χ1n) is 10.5. The third kappa shape index (κ3) is 7.27. The average molecular weight is 576 g/mol. The number of nitro groups is 1. The van der Waals surface area contributed by atoms with Crippen LogP contribution in [0, 0.1) is 10.1 Å². The van der Waals surface area contributed by atoms with Crippen LogP contribution in [0.4, 0.5) is 11.4 Å². The van der Waals surface area contributed by atoms with E-state index in [9.17, 15) is 19.7 Å². The van der Waals surface area contributed by atoms with Crippen molar-refractivity contribution < 1.29 is 24.0 Å². The fraction of sp³-hybridized carbons (Fsp3) is 0.125. The predicted molar refractivity (Wildman–Crippen MR) is 139 cm³/mol. The lowest BCUT2D eigenvalue weighted by molar-refractivity contribution is -0.384. The van der Waals surface area contributed by atoms with E-state index < -0.39 is 16.7 Å². The number of nitro benzene ring substituents is 1. The standard InChI is InChI=1S/C24H20BrClN4O6/c1-2-35-21-11-15(13-27-29-24(32)16-6-5-7-17(12-16)30(33)34)10-18(25)23(21)36-14-22(31)28-20-9-4-3-8-19(20)26/h3-13H,2,14H2,1H3,(H,28,31)(H,29,32)/b27-13+. The van der Waals surface area contributed by atoms with Crippen LogP contribution in [0.25, 0.3) is 0 Å². The van der Waals surface area contributed by atoms with Crippen LogP contribution in [0.3, 0.4) is 0 Å². The van der Waals surface area contributed by atoms with Crippen LogP contribution >= 0.6 is 27.5 Å². The highest BCUT2D eigenvalue weighted by atomic mass is 79.9. The fourth-order valence-electron chi connectivity index (χ4n) is 2.94. The molecule has 3 rings (SSSR count). The summed E-state index contributed by atoms with van der Waals surface area (Å²) in [5.74, 6) is -0.358. The second-order valence-electron chi connectivity index (χ2n) is 7.09. The summed E-state index contributed by atoms with van der Waals surface area (Å²) >= 11 is 9.47. The largest absolute Gasteiger partial charge is 0.490 e. The topological polar surface area (TPSA) is 132 Å². The Morgan fingerprint density at radius 2 is 1.92 bits per heavy atom. The molecule has 0 saturated heterocycles. The number of anilines is 1. The first-order chi connectivity index (χ1) is 17.3. The number of hydrazone groups is 1. The van der Waals surface area contributed by atoms with Gasteiger partial charge in [-0.3, -0.25) is 19.7 Å². The highest BCUT2D eigenvalue weighted by Crippen LogP contribution is 2.36. The van der Waals surface area contributed by atoms with Gasteiger partial charge in [0, 0.05) is 17.7 Å². The van der Waals surface area contributed by atoms with Gasteiger partial charge >= 0.3 is 0 Å². The number of nitrogens with zero attached hydrogens (tertiary/aromatic N) is 2. The highest BCUT2D eigenvalue weighted by molar-refractivity contribution is 9.10. The number of carbonyl (C=O) groups is 2. The van der Waals surface area contributed by atoms with Gasteiger partial charge < -0.3 is 14.8 Å². The molecule has 0 heterocycles. The van der Waals surface area contributed by atoms with E-state index in [4.69, 9.17) is 21.1 Å². The lowest BCUT2D eigenvalue weighted by atomic mass is 10.2. The smallest absolute Gasteiger partial charge is 0.271 e. The third-order valence-corrected chi connectivity index (χ3v) is 5.44. The summed E-state index contributed by atoms with van der Waals surface area (Å²) < 4.78 is 11.8. The molecule has 186 valence electrons. The molecule has 2 amide bonds. The van der Waals surface area contributed by atoms with E-state index in [1.807, 2.05) is 0 Å². The monoisotopic (exact) mass is 574 g/mol. The molecular weight excluding hydrogens is 556 g/mol. The summed E-state index contributed by atoms with van der Waals surface area (Å²) in [7, 11) is 0. The highest BCUT2D eigenvalue weighted by Gasteiger charge is 2.15. The zero-order chi connectivity index (χ0) is 26.1. The van der Waals surface area contributed by atoms with Crippen LogP contribution < -0.4 is 20.2 Å². The lowest BCUT2D eigenvalue weighted by Crippen LogP contribution is -2.20. The Morgan fingerprint density at radius 3 is 2.64 bits per heavy atom. The zero-order valence-corrected chi connectivity index (χ0v) is 21.2. The number of non-ortho nitro benzene ring substituents is 1. The summed E-state index contributed by atoms with van der Waals surface area (Å²) in [4.78, 5) is 34.9. The Hall–Kier alpha value is -3.96. The molecule has 0 unspecified atom stereocenters. The Kier molecular flexibility index (Phi) is 9.37. The van der Waals surface area contributed by atoms with Gasteiger partial charge in [0.2, 0.25) is 0 Å². The van der Waals surface area contributed by atoms with E-state index in [1.54, 1.807) is 43.3 Å². The molecule has 3 aromatic carbocycles. The molecule has 0 saturated carbocycles. The van der Waals surface area contributed by atoms with Crippen molar-refractivity contribution in [1.82, 2.24) is 5.43 Å². The molecule has 12 heteroatoms. The number of ether oxygens (including phenoxy) is 2. The van der Waals surface area contributed by atoms with Crippen molar-refractivity contribution in [3.8, 4) is 11.5 Å². The van der Waals surface area contributed by atoms with Gasteiger partial charge in [0.05, 0.1) is 32.9 Å². The van der Waals surface area contributed by atoms with Crippen LogP contribution in [0.1, 0.15) is 22.8 Å². The number of rotatable bonds is 10. The number of hydrogen-bond acceptors (Lipinski definition) is 7. The summed E-state index contributed by atoms with van der Waals surface area (Å²) in [5.41, 5.74) is 3.24. The van der Waals surface area contributed by atoms with Crippen molar-refractivity contribution in [1.29, 1.82) is 0 Å². The number of carbonyl (C=O) groups excluding carboxylic acids is 2. The van der Waals surface area contributed by atoms with E-state index >= 15 is 0 Å². The van der Waals surface area contributed by atoms with Crippen molar-refractivity contribution in [2.45, 2.75) is 6.92 Å². The first kappa shape index (κ1) is 26.6. The van der Waals surface area contributed by atoms with E-state index in [0.717, 1.165) is 6.07 Å². The molecule has 0 aliphatic heterocycles. The van der Waals surface area contributed by atoms with Crippen LogP contribution in [0.2, 0.25) is 5.02 Å². The summed E-state index contributed by atoms with van der Waals surface area (Å²) in [6.45, 7) is 1.83. The van der Waals surface area contributed by atoms with Crippen molar-refractivity contribution >= 4 is 56.9 Å². The second kappa shape index (κ2) is 12.7. The molecule has 2 N–H and O–H groups in total. The van der Waals surface area contributed by atoms with Crippen molar-refractivity contribution in [2.24, 2.45) is 5.10 Å². The van der Waals surface area contributed by atoms with Gasteiger partial charge in [0.1, 0.15) is 0 Å². The molecule has 0 atom stereocenters. The quantitative estimate of drug-likeness (QED) is 0.194. The molecular formula is C24H20BrClN4O6. The molecule has 36 heavy (non-hydrogen) atoms. The molecule has 0 aliphatic rings. The van der Waals surface area contributed by atoms with Crippen LogP contribution in [0.5, 0.6) is 11.5 Å². The maximum atomic E-state index is 12.3. The van der Waals surface area contributed by atoms with Crippen LogP contribution in [0.15, 0.2) is 70.2 Å². The molecule has 0 aliphatic carbocycles. The fourth-order valence-corrected chi connectivity index (χ4v) is 3.70. The summed E-state index contributed by atoms with van der Waals surface area (Å²) in [5, 5.41) is 17.9. The van der Waals surface area contributed by atoms with Gasteiger partial charge in [-0.25, -0.2) is 5.43 Å². The van der Waals surface area contributed by atoms with Crippen LogP contribution in [-0.4, -0.2) is 36.2 Å². The normalized spacial score (nSPS) is 10.6. The number of hydrogen-bond donors (Lipinski definition) is 2. The maximum Gasteiger partial charge on any atom is 0.271 e. The lowest BCUT2D eigenvalue weighted by Gasteiger charge is -2.15. The molecule has 0 bridgehead atoms. The van der Waals surface area contributed by atoms with Gasteiger partial charge in [-0.05, 0) is 58.7 Å². The Balaban J connectivity index is 1.67. The minimum Gasteiger partial charge on any atom is -0.490 e. The predicted octanol–water partition coefficient (Wildman–Crippen LogP) is 5.19. The van der Waals surface area contributed by atoms with Gasteiger partial charge in [-0.1, -0.05) is 29.8 Å². The minimum atomic E-state index is -0.608. The summed E-state index contributed by atoms with van der Waals surface area (Å²) in [6, 6.07) is 15.4. The molecule has 0 radical (unpaired) electrons. The number of para-hydroxylation sites is 1. The SMILES string of the molecule is CCOc1cc(/C=N/NC(=O)c2cccc([N+](=O)[O-])c2)cc(Br)c1OCC(=O)Nc1ccccc1Cl. The molecule has 0 fully saturated rings. The minimum absolute atomic E-state index is 0.0938. The summed E-state index contributed by atoms with van der Waals surface area (Å²) in [6.07, 6.45) is 1.37. The van der Waals surface area contributed by atoms with E-state index in [0.29, 0.717) is 38.9 Å². The number of benzene rings is 3. The molecule has 3 aromatic rings. The van der Waals surface area contributed by atoms with Gasteiger partial charge in [0.15, 0.2) is 18.1 Å². The molecule has 0 spiro atoms.